The van der Waals surface area contributed by atoms with Crippen molar-refractivity contribution in [1.29, 1.82) is 0 Å². The molecule has 1 aliphatic rings. The predicted octanol–water partition coefficient (Wildman–Crippen LogP) is 4.80. The molecule has 5 nitrogen and oxygen atoms in total. The van der Waals surface area contributed by atoms with Crippen molar-refractivity contribution in [3.05, 3.63) is 101 Å². The number of nitrogens with one attached hydrogen (secondary N) is 1. The van der Waals surface area contributed by atoms with E-state index >= 15 is 0 Å². The van der Waals surface area contributed by atoms with Crippen LogP contribution in [0.2, 0.25) is 5.02 Å². The number of piperidine rings is 1. The molecule has 166 valence electrons. The highest BCUT2D eigenvalue weighted by atomic mass is 35.5. The third-order valence-corrected chi connectivity index (χ3v) is 8.11. The Hall–Kier alpha value is -2.67. The highest BCUT2D eigenvalue weighted by Crippen LogP contribution is 2.37. The average molecular weight is 469 g/mol. The van der Waals surface area contributed by atoms with E-state index in [0.29, 0.717) is 24.4 Å². The first kappa shape index (κ1) is 22.5. The highest BCUT2D eigenvalue weighted by molar-refractivity contribution is 7.89. The van der Waals surface area contributed by atoms with Gasteiger partial charge < -0.3 is 5.32 Å². The largest absolute Gasteiger partial charge is 0.352 e. The van der Waals surface area contributed by atoms with Gasteiger partial charge in [0, 0.05) is 18.1 Å². The molecule has 1 fully saturated rings. The summed E-state index contributed by atoms with van der Waals surface area (Å²) < 4.78 is 28.6. The third kappa shape index (κ3) is 4.88. The van der Waals surface area contributed by atoms with Crippen molar-refractivity contribution in [2.24, 2.45) is 5.92 Å². The van der Waals surface area contributed by atoms with Crippen molar-refractivity contribution in [1.82, 2.24) is 9.62 Å². The first-order valence-electron chi connectivity index (χ1n) is 10.6. The zero-order valence-corrected chi connectivity index (χ0v) is 19.1. The molecular weight excluding hydrogens is 444 g/mol. The van der Waals surface area contributed by atoms with Gasteiger partial charge in [0.2, 0.25) is 15.9 Å². The molecule has 1 aliphatic heterocycles. The summed E-state index contributed by atoms with van der Waals surface area (Å²) in [6.45, 7) is 0.438. The number of halogens is 1. The first-order valence-corrected chi connectivity index (χ1v) is 12.4. The van der Waals surface area contributed by atoms with Gasteiger partial charge in [-0.3, -0.25) is 4.79 Å². The Morgan fingerprint density at radius 1 is 0.906 bits per heavy atom. The van der Waals surface area contributed by atoms with E-state index in [1.165, 1.54) is 4.31 Å². The van der Waals surface area contributed by atoms with Crippen LogP contribution in [0.15, 0.2) is 89.8 Å². The molecule has 1 amide bonds. The second-order valence-corrected chi connectivity index (χ2v) is 10.2. The van der Waals surface area contributed by atoms with E-state index in [1.807, 2.05) is 48.5 Å². The van der Waals surface area contributed by atoms with Crippen LogP contribution in [0.25, 0.3) is 0 Å². The predicted molar refractivity (Wildman–Crippen MR) is 126 cm³/mol. The molecule has 7 heteroatoms. The number of carbonyl (C=O) groups is 1. The first-order chi connectivity index (χ1) is 15.5. The molecule has 0 saturated carbocycles. The van der Waals surface area contributed by atoms with E-state index < -0.39 is 15.9 Å². The quantitative estimate of drug-likeness (QED) is 0.565. The van der Waals surface area contributed by atoms with Crippen LogP contribution in [0.4, 0.5) is 0 Å². The SMILES string of the molecule is O=C(NCc1ccccc1Cl)[C@@H]1CC[C@H](c2ccccc2)N(S(=O)(=O)c2ccccc2)C1. The van der Waals surface area contributed by atoms with E-state index in [4.69, 9.17) is 11.6 Å². The van der Waals surface area contributed by atoms with Crippen LogP contribution in [0.3, 0.4) is 0 Å². The molecule has 0 aromatic heterocycles. The summed E-state index contributed by atoms with van der Waals surface area (Å²) >= 11 is 6.19. The Morgan fingerprint density at radius 3 is 2.22 bits per heavy atom. The van der Waals surface area contributed by atoms with Gasteiger partial charge in [0.05, 0.1) is 16.9 Å². The van der Waals surface area contributed by atoms with Crippen LogP contribution in [0.5, 0.6) is 0 Å². The van der Waals surface area contributed by atoms with Gasteiger partial charge in [-0.05, 0) is 42.2 Å². The minimum atomic E-state index is -3.77. The van der Waals surface area contributed by atoms with E-state index in [-0.39, 0.29) is 23.4 Å². The van der Waals surface area contributed by atoms with E-state index in [1.54, 1.807) is 36.4 Å². The zero-order valence-electron chi connectivity index (χ0n) is 17.5. The molecule has 4 rings (SSSR count). The normalized spacial score (nSPS) is 19.4. The topological polar surface area (TPSA) is 66.5 Å². The molecule has 3 aromatic rings. The second-order valence-electron chi connectivity index (χ2n) is 7.90. The molecule has 0 aliphatic carbocycles. The van der Waals surface area contributed by atoms with Crippen molar-refractivity contribution in [2.75, 3.05) is 6.54 Å². The van der Waals surface area contributed by atoms with Crippen molar-refractivity contribution >= 4 is 27.5 Å². The van der Waals surface area contributed by atoms with Gasteiger partial charge in [-0.15, -0.1) is 0 Å². The summed E-state index contributed by atoms with van der Waals surface area (Å²) in [5, 5.41) is 3.52. The fourth-order valence-electron chi connectivity index (χ4n) is 4.12. The Bertz CT molecular complexity index is 1170. The maximum absolute atomic E-state index is 13.5. The molecule has 0 bridgehead atoms. The van der Waals surface area contributed by atoms with Gasteiger partial charge in [0.25, 0.3) is 0 Å². The minimum absolute atomic E-state index is 0.130. The second kappa shape index (κ2) is 9.86. The van der Waals surface area contributed by atoms with Crippen LogP contribution in [-0.2, 0) is 21.4 Å². The lowest BCUT2D eigenvalue weighted by atomic mass is 9.90. The number of rotatable bonds is 6. The van der Waals surface area contributed by atoms with Crippen LogP contribution in [-0.4, -0.2) is 25.2 Å². The number of amides is 1. The van der Waals surface area contributed by atoms with E-state index in [2.05, 4.69) is 5.32 Å². The fraction of sp³-hybridized carbons (Fsp3) is 0.240. The highest BCUT2D eigenvalue weighted by Gasteiger charge is 2.39. The Kier molecular flexibility index (Phi) is 6.94. The Labute approximate surface area is 194 Å². The summed E-state index contributed by atoms with van der Waals surface area (Å²) in [4.78, 5) is 13.2. The van der Waals surface area contributed by atoms with Crippen molar-refractivity contribution in [3.63, 3.8) is 0 Å². The van der Waals surface area contributed by atoms with Crippen LogP contribution in [0.1, 0.15) is 30.0 Å². The average Bonchev–Trinajstić information content (AvgIpc) is 2.84. The molecule has 0 radical (unpaired) electrons. The number of hydrogen-bond donors (Lipinski definition) is 1. The van der Waals surface area contributed by atoms with Gasteiger partial charge in [0.15, 0.2) is 0 Å². The smallest absolute Gasteiger partial charge is 0.243 e. The minimum Gasteiger partial charge on any atom is -0.352 e. The number of nitrogens with zero attached hydrogens (tertiary/aromatic N) is 1. The maximum Gasteiger partial charge on any atom is 0.243 e. The van der Waals surface area contributed by atoms with Gasteiger partial charge in [0.1, 0.15) is 0 Å². The van der Waals surface area contributed by atoms with Crippen LogP contribution >= 0.6 is 11.6 Å². The molecule has 2 atom stereocenters. The van der Waals surface area contributed by atoms with Crippen LogP contribution < -0.4 is 5.32 Å². The number of sulfonamides is 1. The summed E-state index contributed by atoms with van der Waals surface area (Å²) in [6.07, 6.45) is 1.18. The van der Waals surface area contributed by atoms with E-state index in [0.717, 1.165) is 11.1 Å². The molecule has 1 N–H and O–H groups in total. The molecule has 0 unspecified atom stereocenters. The number of carbonyl (C=O) groups excluding carboxylic acids is 1. The monoisotopic (exact) mass is 468 g/mol. The lowest BCUT2D eigenvalue weighted by Crippen LogP contribution is -2.46. The van der Waals surface area contributed by atoms with Crippen molar-refractivity contribution in [3.8, 4) is 0 Å². The maximum atomic E-state index is 13.5. The standard InChI is InChI=1S/C25H25ClN2O3S/c26-23-14-8-7-11-20(23)17-27-25(29)21-15-16-24(19-9-3-1-4-10-19)28(18-21)32(30,31)22-12-5-2-6-13-22/h1-14,21,24H,15-18H2,(H,27,29)/t21-,24-/m1/s1. The zero-order chi connectivity index (χ0) is 22.6. The lowest BCUT2D eigenvalue weighted by molar-refractivity contribution is -0.126. The summed E-state index contributed by atoms with van der Waals surface area (Å²) in [5.41, 5.74) is 1.76. The van der Waals surface area contributed by atoms with Crippen molar-refractivity contribution in [2.45, 2.75) is 30.3 Å². The summed E-state index contributed by atoms with van der Waals surface area (Å²) in [7, 11) is -3.77. The lowest BCUT2D eigenvalue weighted by Gasteiger charge is -2.38. The van der Waals surface area contributed by atoms with Gasteiger partial charge in [-0.1, -0.05) is 78.3 Å². The fourth-order valence-corrected chi connectivity index (χ4v) is 6.04. The van der Waals surface area contributed by atoms with Gasteiger partial charge in [-0.2, -0.15) is 4.31 Å². The summed E-state index contributed by atoms with van der Waals surface area (Å²) in [6, 6.07) is 25.0. The number of hydrogen-bond acceptors (Lipinski definition) is 3. The van der Waals surface area contributed by atoms with Crippen LogP contribution in [0, 0.1) is 5.92 Å². The third-order valence-electron chi connectivity index (χ3n) is 5.85. The molecule has 32 heavy (non-hydrogen) atoms. The molecule has 0 spiro atoms. The summed E-state index contributed by atoms with van der Waals surface area (Å²) in [5.74, 6) is -0.597. The molecule has 3 aromatic carbocycles. The molecule has 1 heterocycles. The van der Waals surface area contributed by atoms with Crippen molar-refractivity contribution < 1.29 is 13.2 Å². The Morgan fingerprint density at radius 2 is 1.53 bits per heavy atom. The Balaban J connectivity index is 1.57. The molecular formula is C25H25ClN2O3S. The molecule has 1 saturated heterocycles. The van der Waals surface area contributed by atoms with Gasteiger partial charge in [-0.25, -0.2) is 8.42 Å². The van der Waals surface area contributed by atoms with Gasteiger partial charge >= 0.3 is 0 Å². The number of benzene rings is 3. The van der Waals surface area contributed by atoms with E-state index in [9.17, 15) is 13.2 Å².